The summed E-state index contributed by atoms with van der Waals surface area (Å²) in [5.74, 6) is -0.930. The molecule has 1 aromatic heterocycles. The minimum atomic E-state index is -0.930. The highest BCUT2D eigenvalue weighted by Crippen LogP contribution is 2.13. The first-order valence-corrected chi connectivity index (χ1v) is 6.12. The summed E-state index contributed by atoms with van der Waals surface area (Å²) in [6.07, 6.45) is 1.73. The molecule has 0 amide bonds. The van der Waals surface area contributed by atoms with Gasteiger partial charge in [0.2, 0.25) is 0 Å². The van der Waals surface area contributed by atoms with E-state index >= 15 is 0 Å². The lowest BCUT2D eigenvalue weighted by Crippen LogP contribution is -2.03. The molecule has 0 atom stereocenters. The van der Waals surface area contributed by atoms with Crippen LogP contribution in [-0.2, 0) is 6.54 Å². The number of benzene rings is 1. The molecule has 1 aromatic carbocycles. The van der Waals surface area contributed by atoms with Crippen LogP contribution in [0.15, 0.2) is 47.1 Å². The van der Waals surface area contributed by atoms with E-state index in [9.17, 15) is 4.79 Å². The number of carboxylic acid groups (broad SMARTS) is 1. The molecule has 0 spiro atoms. The zero-order valence-corrected chi connectivity index (χ0v) is 11.0. The molecule has 5 heteroatoms. The van der Waals surface area contributed by atoms with Crippen molar-refractivity contribution in [3.63, 3.8) is 0 Å². The number of rotatable bonds is 4. The Morgan fingerprint density at radius 1 is 1.33 bits per heavy atom. The van der Waals surface area contributed by atoms with Crippen molar-refractivity contribution in [1.29, 1.82) is 0 Å². The molecule has 92 valence electrons. The van der Waals surface area contributed by atoms with Gasteiger partial charge in [-0.1, -0.05) is 6.07 Å². The number of anilines is 1. The van der Waals surface area contributed by atoms with Gasteiger partial charge in [0.1, 0.15) is 0 Å². The van der Waals surface area contributed by atoms with Crippen LogP contribution in [0.1, 0.15) is 16.1 Å². The predicted molar refractivity (Wildman–Crippen MR) is 72.7 cm³/mol. The largest absolute Gasteiger partial charge is 0.478 e. The molecule has 2 aromatic rings. The van der Waals surface area contributed by atoms with Crippen molar-refractivity contribution in [1.82, 2.24) is 4.98 Å². The average molecular weight is 307 g/mol. The fraction of sp³-hybridized carbons (Fsp3) is 0.0769. The number of carboxylic acids is 1. The molecule has 4 nitrogen and oxygen atoms in total. The van der Waals surface area contributed by atoms with Gasteiger partial charge >= 0.3 is 5.97 Å². The third-order valence-electron chi connectivity index (χ3n) is 2.37. The number of nitrogens with zero attached hydrogens (tertiary/aromatic N) is 1. The van der Waals surface area contributed by atoms with Gasteiger partial charge < -0.3 is 10.4 Å². The summed E-state index contributed by atoms with van der Waals surface area (Å²) in [7, 11) is 0. The topological polar surface area (TPSA) is 62.2 Å². The number of aromatic carboxylic acids is 1. The summed E-state index contributed by atoms with van der Waals surface area (Å²) in [4.78, 5) is 15.0. The van der Waals surface area contributed by atoms with Crippen molar-refractivity contribution in [2.24, 2.45) is 0 Å². The Morgan fingerprint density at radius 3 is 2.83 bits per heavy atom. The predicted octanol–water partition coefficient (Wildman–Crippen LogP) is 3.15. The normalized spacial score (nSPS) is 10.1. The van der Waals surface area contributed by atoms with Gasteiger partial charge in [-0.3, -0.25) is 4.98 Å². The van der Waals surface area contributed by atoms with E-state index in [-0.39, 0.29) is 5.56 Å². The van der Waals surface area contributed by atoms with E-state index in [0.717, 1.165) is 15.9 Å². The molecule has 0 aliphatic rings. The molecule has 0 bridgehead atoms. The van der Waals surface area contributed by atoms with E-state index in [1.165, 1.54) is 0 Å². The molecule has 2 N–H and O–H groups in total. The van der Waals surface area contributed by atoms with Crippen LogP contribution >= 0.6 is 15.9 Å². The van der Waals surface area contributed by atoms with Crippen molar-refractivity contribution in [3.8, 4) is 0 Å². The highest BCUT2D eigenvalue weighted by atomic mass is 79.9. The maximum atomic E-state index is 10.8. The number of hydrogen-bond acceptors (Lipinski definition) is 3. The van der Waals surface area contributed by atoms with Gasteiger partial charge in [0.15, 0.2) is 0 Å². The zero-order chi connectivity index (χ0) is 13.0. The molecule has 0 unspecified atom stereocenters. The second-order valence-corrected chi connectivity index (χ2v) is 4.62. The summed E-state index contributed by atoms with van der Waals surface area (Å²) in [5, 5.41) is 12.0. The minimum absolute atomic E-state index is 0.267. The fourth-order valence-electron chi connectivity index (χ4n) is 1.47. The third kappa shape index (κ3) is 3.30. The molecule has 1 heterocycles. The standard InChI is InChI=1S/C13H11BrN2O2/c14-10-4-5-12(15-7-10)8-16-11-3-1-2-9(6-11)13(17)18/h1-7,16H,8H2,(H,17,18). The number of aromatic nitrogens is 1. The second-order valence-electron chi connectivity index (χ2n) is 3.71. The molecule has 0 aliphatic carbocycles. The molecular weight excluding hydrogens is 296 g/mol. The van der Waals surface area contributed by atoms with E-state index in [1.807, 2.05) is 18.2 Å². The van der Waals surface area contributed by atoms with Crippen molar-refractivity contribution < 1.29 is 9.90 Å². The number of halogens is 1. The monoisotopic (exact) mass is 306 g/mol. The van der Waals surface area contributed by atoms with E-state index in [0.29, 0.717) is 6.54 Å². The molecule has 0 saturated heterocycles. The molecule has 0 saturated carbocycles. The molecular formula is C13H11BrN2O2. The molecule has 18 heavy (non-hydrogen) atoms. The highest BCUT2D eigenvalue weighted by molar-refractivity contribution is 9.10. The summed E-state index contributed by atoms with van der Waals surface area (Å²) in [6.45, 7) is 0.552. The molecule has 2 rings (SSSR count). The van der Waals surface area contributed by atoms with E-state index < -0.39 is 5.97 Å². The van der Waals surface area contributed by atoms with Crippen LogP contribution in [0.4, 0.5) is 5.69 Å². The van der Waals surface area contributed by atoms with Gasteiger partial charge in [-0.2, -0.15) is 0 Å². The second kappa shape index (κ2) is 5.64. The highest BCUT2D eigenvalue weighted by Gasteiger charge is 2.03. The summed E-state index contributed by atoms with van der Waals surface area (Å²) in [5.41, 5.74) is 1.92. The zero-order valence-electron chi connectivity index (χ0n) is 9.43. The van der Waals surface area contributed by atoms with Crippen LogP contribution in [-0.4, -0.2) is 16.1 Å². The first kappa shape index (κ1) is 12.6. The molecule has 0 radical (unpaired) electrons. The van der Waals surface area contributed by atoms with Crippen LogP contribution in [0.3, 0.4) is 0 Å². The molecule has 0 fully saturated rings. The average Bonchev–Trinajstić information content (AvgIpc) is 2.38. The Kier molecular flexibility index (Phi) is 3.94. The van der Waals surface area contributed by atoms with Crippen LogP contribution in [0.25, 0.3) is 0 Å². The van der Waals surface area contributed by atoms with Gasteiger partial charge in [0, 0.05) is 16.4 Å². The van der Waals surface area contributed by atoms with Gasteiger partial charge in [-0.25, -0.2) is 4.79 Å². The van der Waals surface area contributed by atoms with Gasteiger partial charge in [0.05, 0.1) is 17.8 Å². The lowest BCUT2D eigenvalue weighted by Gasteiger charge is -2.06. The number of carbonyl (C=O) groups is 1. The van der Waals surface area contributed by atoms with Crippen LogP contribution in [0.2, 0.25) is 0 Å². The number of pyridine rings is 1. The Balaban J connectivity index is 2.04. The summed E-state index contributed by atoms with van der Waals surface area (Å²) >= 11 is 3.32. The van der Waals surface area contributed by atoms with Crippen molar-refractivity contribution in [2.45, 2.75) is 6.54 Å². The Hall–Kier alpha value is -1.88. The maximum absolute atomic E-state index is 10.8. The summed E-state index contributed by atoms with van der Waals surface area (Å²) in [6, 6.07) is 10.5. The van der Waals surface area contributed by atoms with E-state index in [4.69, 9.17) is 5.11 Å². The van der Waals surface area contributed by atoms with Gasteiger partial charge in [0.25, 0.3) is 0 Å². The third-order valence-corrected chi connectivity index (χ3v) is 2.84. The smallest absolute Gasteiger partial charge is 0.335 e. The van der Waals surface area contributed by atoms with Crippen LogP contribution in [0.5, 0.6) is 0 Å². The number of hydrogen-bond donors (Lipinski definition) is 2. The van der Waals surface area contributed by atoms with E-state index in [2.05, 4.69) is 26.2 Å². The molecule has 0 aliphatic heterocycles. The van der Waals surface area contributed by atoms with Crippen LogP contribution < -0.4 is 5.32 Å². The first-order valence-electron chi connectivity index (χ1n) is 5.33. The maximum Gasteiger partial charge on any atom is 0.335 e. The fourth-order valence-corrected chi connectivity index (χ4v) is 1.70. The summed E-state index contributed by atoms with van der Waals surface area (Å²) < 4.78 is 0.930. The Morgan fingerprint density at radius 2 is 2.17 bits per heavy atom. The lowest BCUT2D eigenvalue weighted by molar-refractivity contribution is 0.0697. The Labute approximate surface area is 113 Å². The minimum Gasteiger partial charge on any atom is -0.478 e. The number of nitrogens with one attached hydrogen (secondary N) is 1. The first-order chi connectivity index (χ1) is 8.65. The van der Waals surface area contributed by atoms with Crippen LogP contribution in [0, 0.1) is 0 Å². The van der Waals surface area contributed by atoms with E-state index in [1.54, 1.807) is 24.4 Å². The quantitative estimate of drug-likeness (QED) is 0.911. The SMILES string of the molecule is O=C(O)c1cccc(NCc2ccc(Br)cn2)c1. The van der Waals surface area contributed by atoms with Gasteiger partial charge in [-0.05, 0) is 46.3 Å². The van der Waals surface area contributed by atoms with Crippen molar-refractivity contribution in [3.05, 3.63) is 58.3 Å². The Bertz CT molecular complexity index is 555. The lowest BCUT2D eigenvalue weighted by atomic mass is 10.2. The van der Waals surface area contributed by atoms with Crippen molar-refractivity contribution in [2.75, 3.05) is 5.32 Å². The van der Waals surface area contributed by atoms with Gasteiger partial charge in [-0.15, -0.1) is 0 Å². The van der Waals surface area contributed by atoms with Crippen molar-refractivity contribution >= 4 is 27.6 Å².